The van der Waals surface area contributed by atoms with Crippen molar-refractivity contribution in [3.63, 3.8) is 0 Å². The Balaban J connectivity index is 1.32. The van der Waals surface area contributed by atoms with Crippen LogP contribution in [-0.2, 0) is 17.8 Å². The first-order chi connectivity index (χ1) is 17.7. The number of rotatable bonds is 6. The van der Waals surface area contributed by atoms with E-state index in [4.69, 9.17) is 4.98 Å². The normalized spacial score (nSPS) is 14.0. The number of aromatic amines is 1. The maximum absolute atomic E-state index is 12.5. The van der Waals surface area contributed by atoms with E-state index in [2.05, 4.69) is 68.5 Å². The lowest BCUT2D eigenvalue weighted by Gasteiger charge is -2.26. The fraction of sp³-hybridized carbons (Fsp3) is 0.250. The van der Waals surface area contributed by atoms with Gasteiger partial charge in [0.15, 0.2) is 5.82 Å². The molecule has 1 saturated heterocycles. The van der Waals surface area contributed by atoms with Crippen molar-refractivity contribution in [2.75, 3.05) is 11.4 Å². The number of aromatic nitrogens is 6. The number of nitrogens with one attached hydrogen (secondary N) is 1. The molecular formula is C28H27N7O. The predicted octanol–water partition coefficient (Wildman–Crippen LogP) is 5.01. The summed E-state index contributed by atoms with van der Waals surface area (Å²) in [5.74, 6) is 1.90. The number of tetrazole rings is 1. The molecule has 0 atom stereocenters. The fourth-order valence-corrected chi connectivity index (χ4v) is 5.04. The third kappa shape index (κ3) is 4.04. The van der Waals surface area contributed by atoms with Crippen molar-refractivity contribution in [3.05, 3.63) is 78.1 Å². The van der Waals surface area contributed by atoms with Gasteiger partial charge in [0.25, 0.3) is 0 Å². The van der Waals surface area contributed by atoms with Crippen molar-refractivity contribution < 1.29 is 4.79 Å². The van der Waals surface area contributed by atoms with Crippen LogP contribution in [0.1, 0.15) is 37.6 Å². The molecule has 3 aromatic carbocycles. The number of fused-ring (bicyclic) bond motifs is 1. The number of piperidine rings is 1. The number of hydrogen-bond donors (Lipinski definition) is 1. The molecule has 1 aliphatic rings. The number of H-pyrrole nitrogens is 1. The van der Waals surface area contributed by atoms with Gasteiger partial charge in [-0.1, -0.05) is 55.5 Å². The molecule has 5 aromatic rings. The van der Waals surface area contributed by atoms with E-state index in [0.29, 0.717) is 18.8 Å². The summed E-state index contributed by atoms with van der Waals surface area (Å²) < 4.78 is 2.27. The first kappa shape index (κ1) is 22.2. The van der Waals surface area contributed by atoms with Gasteiger partial charge in [0.2, 0.25) is 5.91 Å². The molecule has 36 heavy (non-hydrogen) atoms. The molecule has 1 aliphatic heterocycles. The average Bonchev–Trinajstić information content (AvgIpc) is 3.58. The van der Waals surface area contributed by atoms with Crippen LogP contribution in [0.4, 0.5) is 5.69 Å². The summed E-state index contributed by atoms with van der Waals surface area (Å²) in [6.45, 7) is 3.63. The van der Waals surface area contributed by atoms with Gasteiger partial charge in [0.05, 0.1) is 11.0 Å². The van der Waals surface area contributed by atoms with Gasteiger partial charge in [-0.3, -0.25) is 4.79 Å². The molecule has 1 N–H and O–H groups in total. The second-order valence-corrected chi connectivity index (χ2v) is 9.14. The molecule has 0 unspecified atom stereocenters. The highest BCUT2D eigenvalue weighted by atomic mass is 16.2. The SMILES string of the molecule is CCc1nc2ccc(N3CCCCC3=O)cc2n1Cc1ccc(-c2ccccc2-c2nnn[nH]2)cc1. The van der Waals surface area contributed by atoms with E-state index in [9.17, 15) is 4.79 Å². The van der Waals surface area contributed by atoms with Crippen LogP contribution in [-0.4, -0.2) is 42.6 Å². The van der Waals surface area contributed by atoms with Gasteiger partial charge in [0.1, 0.15) is 5.82 Å². The van der Waals surface area contributed by atoms with Crippen LogP contribution in [0.3, 0.4) is 0 Å². The summed E-state index contributed by atoms with van der Waals surface area (Å²) in [7, 11) is 0. The Hall–Kier alpha value is -4.33. The molecular weight excluding hydrogens is 450 g/mol. The summed E-state index contributed by atoms with van der Waals surface area (Å²) in [5, 5.41) is 14.4. The Morgan fingerprint density at radius 2 is 1.81 bits per heavy atom. The second-order valence-electron chi connectivity index (χ2n) is 9.14. The Morgan fingerprint density at radius 3 is 2.56 bits per heavy atom. The summed E-state index contributed by atoms with van der Waals surface area (Å²) in [4.78, 5) is 19.3. The number of benzene rings is 3. The number of carbonyl (C=O) groups excluding carboxylic acids is 1. The van der Waals surface area contributed by atoms with E-state index >= 15 is 0 Å². The van der Waals surface area contributed by atoms with Gasteiger partial charge in [-0.15, -0.1) is 5.10 Å². The molecule has 180 valence electrons. The zero-order valence-electron chi connectivity index (χ0n) is 20.2. The predicted molar refractivity (Wildman–Crippen MR) is 139 cm³/mol. The van der Waals surface area contributed by atoms with Gasteiger partial charge < -0.3 is 9.47 Å². The molecule has 8 nitrogen and oxygen atoms in total. The lowest BCUT2D eigenvalue weighted by atomic mass is 9.98. The minimum atomic E-state index is 0.208. The van der Waals surface area contributed by atoms with Crippen molar-refractivity contribution in [3.8, 4) is 22.5 Å². The first-order valence-corrected chi connectivity index (χ1v) is 12.4. The van der Waals surface area contributed by atoms with Crippen LogP contribution in [0, 0.1) is 0 Å². The molecule has 2 aromatic heterocycles. The topological polar surface area (TPSA) is 92.6 Å². The monoisotopic (exact) mass is 477 g/mol. The van der Waals surface area contributed by atoms with Gasteiger partial charge >= 0.3 is 0 Å². The Bertz CT molecular complexity index is 1520. The molecule has 1 fully saturated rings. The van der Waals surface area contributed by atoms with E-state index in [1.54, 1.807) is 0 Å². The maximum atomic E-state index is 12.5. The summed E-state index contributed by atoms with van der Waals surface area (Å²) in [5.41, 5.74) is 7.31. The first-order valence-electron chi connectivity index (χ1n) is 12.4. The second kappa shape index (κ2) is 9.37. The third-order valence-electron chi connectivity index (χ3n) is 6.90. The van der Waals surface area contributed by atoms with Gasteiger partial charge in [-0.2, -0.15) is 0 Å². The quantitative estimate of drug-likeness (QED) is 0.371. The smallest absolute Gasteiger partial charge is 0.226 e. The third-order valence-corrected chi connectivity index (χ3v) is 6.90. The van der Waals surface area contributed by atoms with Crippen molar-refractivity contribution >= 4 is 22.6 Å². The summed E-state index contributed by atoms with van der Waals surface area (Å²) in [6, 6.07) is 22.9. The fourth-order valence-electron chi connectivity index (χ4n) is 5.04. The van der Waals surface area contributed by atoms with Gasteiger partial charge in [0, 0.05) is 37.2 Å². The van der Waals surface area contributed by atoms with Crippen molar-refractivity contribution in [2.45, 2.75) is 39.2 Å². The number of nitrogens with zero attached hydrogens (tertiary/aromatic N) is 6. The number of carbonyl (C=O) groups is 1. The largest absolute Gasteiger partial charge is 0.323 e. The zero-order chi connectivity index (χ0) is 24.5. The van der Waals surface area contributed by atoms with Crippen LogP contribution in [0.2, 0.25) is 0 Å². The van der Waals surface area contributed by atoms with Gasteiger partial charge in [-0.25, -0.2) is 10.1 Å². The maximum Gasteiger partial charge on any atom is 0.226 e. The number of anilines is 1. The molecule has 0 bridgehead atoms. The van der Waals surface area contributed by atoms with Crippen molar-refractivity contribution in [2.24, 2.45) is 0 Å². The number of imidazole rings is 1. The van der Waals surface area contributed by atoms with Crippen LogP contribution >= 0.6 is 0 Å². The van der Waals surface area contributed by atoms with Crippen molar-refractivity contribution in [1.29, 1.82) is 0 Å². The molecule has 3 heterocycles. The van der Waals surface area contributed by atoms with Crippen molar-refractivity contribution in [1.82, 2.24) is 30.2 Å². The molecule has 0 spiro atoms. The van der Waals surface area contributed by atoms with E-state index in [1.165, 1.54) is 5.56 Å². The standard InChI is InChI=1S/C28H27N7O/c1-2-26-29-24-15-14-21(34-16-6-5-9-27(34)36)17-25(24)35(26)18-19-10-12-20(13-11-19)22-7-3-4-8-23(22)28-30-32-33-31-28/h3-4,7-8,10-15,17H,2,5-6,9,16,18H2,1H3,(H,30,31,32,33). The molecule has 6 rings (SSSR count). The highest BCUT2D eigenvalue weighted by Crippen LogP contribution is 2.31. The van der Waals surface area contributed by atoms with Crippen LogP contribution in [0.15, 0.2) is 66.7 Å². The summed E-state index contributed by atoms with van der Waals surface area (Å²) in [6.07, 6.45) is 3.49. The molecule has 0 radical (unpaired) electrons. The lowest BCUT2D eigenvalue weighted by Crippen LogP contribution is -2.35. The number of aryl methyl sites for hydroxylation is 1. The lowest BCUT2D eigenvalue weighted by molar-refractivity contribution is -0.119. The minimum Gasteiger partial charge on any atom is -0.323 e. The van der Waals surface area contributed by atoms with Crippen LogP contribution in [0.5, 0.6) is 0 Å². The Kier molecular flexibility index (Phi) is 5.77. The summed E-state index contributed by atoms with van der Waals surface area (Å²) >= 11 is 0. The highest BCUT2D eigenvalue weighted by molar-refractivity contribution is 5.96. The highest BCUT2D eigenvalue weighted by Gasteiger charge is 2.21. The molecule has 1 amide bonds. The Morgan fingerprint density at radius 1 is 0.972 bits per heavy atom. The Labute approximate surface area is 209 Å². The van der Waals surface area contributed by atoms with E-state index < -0.39 is 0 Å². The zero-order valence-corrected chi connectivity index (χ0v) is 20.2. The number of hydrogen-bond acceptors (Lipinski definition) is 5. The van der Waals surface area contributed by atoms with E-state index in [1.807, 2.05) is 35.2 Å². The molecule has 8 heteroatoms. The molecule has 0 saturated carbocycles. The molecule has 0 aliphatic carbocycles. The van der Waals surface area contributed by atoms with Gasteiger partial charge in [-0.05, 0) is 58.2 Å². The van der Waals surface area contributed by atoms with Crippen LogP contribution < -0.4 is 4.90 Å². The number of amides is 1. The van der Waals surface area contributed by atoms with E-state index in [-0.39, 0.29) is 5.91 Å². The minimum absolute atomic E-state index is 0.208. The van der Waals surface area contributed by atoms with Crippen LogP contribution in [0.25, 0.3) is 33.5 Å². The van der Waals surface area contributed by atoms with E-state index in [0.717, 1.165) is 65.0 Å². The average molecular weight is 478 g/mol.